The van der Waals surface area contributed by atoms with Gasteiger partial charge >= 0.3 is 0 Å². The van der Waals surface area contributed by atoms with Crippen LogP contribution in [0.3, 0.4) is 0 Å². The fraction of sp³-hybridized carbons (Fsp3) is 0.235. The maximum absolute atomic E-state index is 9.67. The van der Waals surface area contributed by atoms with Crippen LogP contribution in [0.25, 0.3) is 0 Å². The number of ether oxygens (including phenoxy) is 1. The van der Waals surface area contributed by atoms with Crippen LogP contribution in [-0.4, -0.2) is 22.2 Å². The minimum absolute atomic E-state index is 0.105. The highest BCUT2D eigenvalue weighted by Gasteiger charge is 2.26. The summed E-state index contributed by atoms with van der Waals surface area (Å²) in [6.07, 6.45) is 2.95. The van der Waals surface area contributed by atoms with Gasteiger partial charge in [-0.15, -0.1) is 0 Å². The molecular weight excluding hydrogens is 360 g/mol. The molecule has 2 N–H and O–H groups in total. The first-order chi connectivity index (χ1) is 11.1. The molecule has 1 aromatic carbocycles. The molecule has 6 heteroatoms. The van der Waals surface area contributed by atoms with E-state index in [4.69, 9.17) is 4.74 Å². The Morgan fingerprint density at radius 3 is 2.74 bits per heavy atom. The van der Waals surface area contributed by atoms with Crippen molar-refractivity contribution in [2.24, 2.45) is 0 Å². The van der Waals surface area contributed by atoms with Gasteiger partial charge in [-0.1, -0.05) is 36.4 Å². The average molecular weight is 377 g/mol. The molecule has 1 aliphatic rings. The summed E-state index contributed by atoms with van der Waals surface area (Å²) in [5.74, 6) is 0.397. The Hall–Kier alpha value is -1.89. The number of nitrogens with zero attached hydrogens (tertiary/aromatic N) is 2. The number of pyridine rings is 1. The van der Waals surface area contributed by atoms with Gasteiger partial charge < -0.3 is 19.8 Å². The lowest BCUT2D eigenvalue weighted by atomic mass is 10.1. The molecule has 23 heavy (non-hydrogen) atoms. The van der Waals surface area contributed by atoms with Gasteiger partial charge in [0.1, 0.15) is 16.9 Å². The van der Waals surface area contributed by atoms with Crippen molar-refractivity contribution >= 4 is 21.6 Å². The Bertz CT molecular complexity index is 732. The fourth-order valence-corrected chi connectivity index (χ4v) is 3.12. The lowest BCUT2D eigenvalue weighted by Gasteiger charge is -2.27. The van der Waals surface area contributed by atoms with Gasteiger partial charge in [0.25, 0.3) is 0 Å². The third kappa shape index (κ3) is 3.24. The van der Waals surface area contributed by atoms with E-state index in [-0.39, 0.29) is 5.69 Å². The molecule has 0 aliphatic carbocycles. The molecule has 2 aromatic rings. The molecule has 0 amide bonds. The molecule has 0 saturated heterocycles. The molecule has 0 radical (unpaired) electrons. The van der Waals surface area contributed by atoms with Crippen molar-refractivity contribution in [2.75, 3.05) is 11.9 Å². The minimum atomic E-state index is -1.71. The molecule has 0 spiro atoms. The average Bonchev–Trinajstić information content (AvgIpc) is 2.55. The van der Waals surface area contributed by atoms with Gasteiger partial charge in [0, 0.05) is 18.8 Å². The second-order valence-corrected chi connectivity index (χ2v) is 6.04. The molecule has 2 heterocycles. The summed E-state index contributed by atoms with van der Waals surface area (Å²) in [6, 6.07) is 9.72. The van der Waals surface area contributed by atoms with Gasteiger partial charge in [0.2, 0.25) is 0 Å². The molecular formula is C17H17BrN2O3. The van der Waals surface area contributed by atoms with Gasteiger partial charge in [0.05, 0.1) is 5.69 Å². The Kier molecular flexibility index (Phi) is 4.66. The summed E-state index contributed by atoms with van der Waals surface area (Å²) in [5, 5.41) is 19.3. The number of hydrogen-bond donors (Lipinski definition) is 2. The van der Waals surface area contributed by atoms with E-state index < -0.39 is 6.29 Å². The molecule has 120 valence electrons. The van der Waals surface area contributed by atoms with Crippen LogP contribution in [0.15, 0.2) is 47.2 Å². The first-order valence-corrected chi connectivity index (χ1v) is 8.02. The van der Waals surface area contributed by atoms with Crippen LogP contribution in [0.4, 0.5) is 5.69 Å². The van der Waals surface area contributed by atoms with Crippen LogP contribution < -0.4 is 9.64 Å². The topological polar surface area (TPSA) is 65.8 Å². The van der Waals surface area contributed by atoms with Crippen LogP contribution in [0, 0.1) is 0 Å². The van der Waals surface area contributed by atoms with E-state index in [2.05, 4.69) is 20.9 Å². The first kappa shape index (κ1) is 16.0. The number of allylic oxidation sites excluding steroid dienone is 1. The first-order valence-electron chi connectivity index (χ1n) is 7.22. The number of aliphatic hydroxyl groups is 2. The largest absolute Gasteiger partial charge is 0.485 e. The van der Waals surface area contributed by atoms with Gasteiger partial charge in [-0.05, 0) is 27.9 Å². The summed E-state index contributed by atoms with van der Waals surface area (Å²) in [5.41, 5.74) is 2.86. The van der Waals surface area contributed by atoms with E-state index in [9.17, 15) is 10.2 Å². The predicted molar refractivity (Wildman–Crippen MR) is 91.1 cm³/mol. The van der Waals surface area contributed by atoms with Crippen molar-refractivity contribution in [2.45, 2.75) is 19.3 Å². The molecule has 1 aliphatic heterocycles. The van der Waals surface area contributed by atoms with Crippen molar-refractivity contribution in [3.63, 3.8) is 0 Å². The zero-order valence-corrected chi connectivity index (χ0v) is 14.2. The standard InChI is InChI=1S/C17H17BrN2O3/c1-20-9-5-8-12-14(20)15(13(17(21)22)19-16(12)18)23-10-11-6-3-2-4-7-11/h2-7,9,17,21-22H,8,10H2,1H3. The maximum Gasteiger partial charge on any atom is 0.199 e. The van der Waals surface area contributed by atoms with Crippen molar-refractivity contribution < 1.29 is 14.9 Å². The predicted octanol–water partition coefficient (Wildman–Crippen LogP) is 2.91. The number of benzene rings is 1. The summed E-state index contributed by atoms with van der Waals surface area (Å²) >= 11 is 3.41. The van der Waals surface area contributed by atoms with Crippen molar-refractivity contribution in [1.82, 2.24) is 4.98 Å². The number of hydrogen-bond acceptors (Lipinski definition) is 5. The summed E-state index contributed by atoms with van der Waals surface area (Å²) in [6.45, 7) is 0.327. The van der Waals surface area contributed by atoms with Crippen molar-refractivity contribution in [3.8, 4) is 5.75 Å². The highest BCUT2D eigenvalue weighted by Crippen LogP contribution is 2.42. The Morgan fingerprint density at radius 2 is 2.04 bits per heavy atom. The van der Waals surface area contributed by atoms with E-state index in [1.54, 1.807) is 0 Å². The van der Waals surface area contributed by atoms with Gasteiger partial charge in [-0.3, -0.25) is 0 Å². The van der Waals surface area contributed by atoms with Crippen LogP contribution in [0.2, 0.25) is 0 Å². The van der Waals surface area contributed by atoms with Crippen molar-refractivity contribution in [1.29, 1.82) is 0 Å². The van der Waals surface area contributed by atoms with Gasteiger partial charge in [-0.2, -0.15) is 0 Å². The SMILES string of the molecule is CN1C=CCc2c(Br)nc(C(O)O)c(OCc3ccccc3)c21. The normalized spacial score (nSPS) is 13.3. The molecule has 0 fully saturated rings. The maximum atomic E-state index is 9.67. The monoisotopic (exact) mass is 376 g/mol. The highest BCUT2D eigenvalue weighted by atomic mass is 79.9. The Morgan fingerprint density at radius 1 is 1.30 bits per heavy atom. The lowest BCUT2D eigenvalue weighted by Crippen LogP contribution is -2.19. The Labute approximate surface area is 143 Å². The fourth-order valence-electron chi connectivity index (χ4n) is 2.58. The van der Waals surface area contributed by atoms with Gasteiger partial charge in [0.15, 0.2) is 12.0 Å². The quantitative estimate of drug-likeness (QED) is 0.634. The zero-order valence-electron chi connectivity index (χ0n) is 12.6. The third-order valence-electron chi connectivity index (χ3n) is 3.68. The summed E-state index contributed by atoms with van der Waals surface area (Å²) < 4.78 is 6.53. The lowest BCUT2D eigenvalue weighted by molar-refractivity contribution is -0.0478. The molecule has 0 bridgehead atoms. The second kappa shape index (κ2) is 6.70. The van der Waals surface area contributed by atoms with E-state index in [1.807, 2.05) is 54.6 Å². The van der Waals surface area contributed by atoms with E-state index in [0.29, 0.717) is 23.4 Å². The molecule has 1 aromatic heterocycles. The van der Waals surface area contributed by atoms with E-state index in [1.165, 1.54) is 0 Å². The summed E-state index contributed by atoms with van der Waals surface area (Å²) in [7, 11) is 1.89. The van der Waals surface area contributed by atoms with Crippen LogP contribution >= 0.6 is 15.9 Å². The highest BCUT2D eigenvalue weighted by molar-refractivity contribution is 9.10. The minimum Gasteiger partial charge on any atom is -0.485 e. The van der Waals surface area contributed by atoms with E-state index >= 15 is 0 Å². The molecule has 0 atom stereocenters. The van der Waals surface area contributed by atoms with Gasteiger partial charge in [-0.25, -0.2) is 4.98 Å². The number of anilines is 1. The Balaban J connectivity index is 2.03. The smallest absolute Gasteiger partial charge is 0.199 e. The van der Waals surface area contributed by atoms with E-state index in [0.717, 1.165) is 16.8 Å². The van der Waals surface area contributed by atoms with Crippen LogP contribution in [-0.2, 0) is 13.0 Å². The third-order valence-corrected chi connectivity index (χ3v) is 4.33. The van der Waals surface area contributed by atoms with Crippen LogP contribution in [0.5, 0.6) is 5.75 Å². The van der Waals surface area contributed by atoms with Crippen LogP contribution in [0.1, 0.15) is 23.1 Å². The molecule has 0 saturated carbocycles. The summed E-state index contributed by atoms with van der Waals surface area (Å²) in [4.78, 5) is 6.16. The second-order valence-electron chi connectivity index (χ2n) is 5.29. The number of fused-ring (bicyclic) bond motifs is 1. The number of halogens is 1. The molecule has 0 unspecified atom stereocenters. The van der Waals surface area contributed by atoms with Crippen molar-refractivity contribution in [3.05, 3.63) is 64.0 Å². The number of aromatic nitrogens is 1. The molecule has 3 rings (SSSR count). The number of aliphatic hydroxyl groups excluding tert-OH is 1. The zero-order chi connectivity index (χ0) is 16.4. The number of rotatable bonds is 4. The molecule has 5 nitrogen and oxygen atoms in total.